The molecule has 20 heavy (non-hydrogen) atoms. The quantitative estimate of drug-likeness (QED) is 0.845. The SMILES string of the molecule is COc1cc(C)cc([C@]2(C)CCC(=O)C2(C)C)c1OC. The van der Waals surface area contributed by atoms with Gasteiger partial charge in [0.2, 0.25) is 0 Å². The molecule has 1 aliphatic rings. The van der Waals surface area contributed by atoms with Crippen molar-refractivity contribution in [1.82, 2.24) is 0 Å². The van der Waals surface area contributed by atoms with E-state index in [0.717, 1.165) is 29.0 Å². The van der Waals surface area contributed by atoms with Gasteiger partial charge in [0.15, 0.2) is 11.5 Å². The normalized spacial score (nSPS) is 24.8. The Morgan fingerprint density at radius 2 is 1.75 bits per heavy atom. The molecule has 0 radical (unpaired) electrons. The Labute approximate surface area is 121 Å². The maximum atomic E-state index is 12.3. The van der Waals surface area contributed by atoms with E-state index in [1.807, 2.05) is 26.8 Å². The summed E-state index contributed by atoms with van der Waals surface area (Å²) in [6.45, 7) is 8.28. The molecule has 1 atom stereocenters. The van der Waals surface area contributed by atoms with E-state index >= 15 is 0 Å². The summed E-state index contributed by atoms with van der Waals surface area (Å²) in [5, 5.41) is 0. The number of ketones is 1. The van der Waals surface area contributed by atoms with Gasteiger partial charge < -0.3 is 9.47 Å². The van der Waals surface area contributed by atoms with Gasteiger partial charge in [-0.15, -0.1) is 0 Å². The summed E-state index contributed by atoms with van der Waals surface area (Å²) >= 11 is 0. The van der Waals surface area contributed by atoms with E-state index in [1.165, 1.54) is 0 Å². The van der Waals surface area contributed by atoms with Crippen LogP contribution in [-0.2, 0) is 10.2 Å². The number of methoxy groups -OCH3 is 2. The van der Waals surface area contributed by atoms with Gasteiger partial charge in [-0.2, -0.15) is 0 Å². The van der Waals surface area contributed by atoms with Crippen LogP contribution < -0.4 is 9.47 Å². The fourth-order valence-electron chi connectivity index (χ4n) is 3.28. The molecule has 0 heterocycles. The van der Waals surface area contributed by atoms with Crippen LogP contribution in [0.3, 0.4) is 0 Å². The monoisotopic (exact) mass is 276 g/mol. The summed E-state index contributed by atoms with van der Waals surface area (Å²) < 4.78 is 11.0. The van der Waals surface area contributed by atoms with Gasteiger partial charge in [0.1, 0.15) is 5.78 Å². The Hall–Kier alpha value is -1.51. The van der Waals surface area contributed by atoms with Crippen LogP contribution in [0.2, 0.25) is 0 Å². The molecule has 0 unspecified atom stereocenters. The van der Waals surface area contributed by atoms with Crippen LogP contribution in [0.15, 0.2) is 12.1 Å². The Bertz CT molecular complexity index is 545. The third kappa shape index (κ3) is 1.91. The fourth-order valence-corrected chi connectivity index (χ4v) is 3.28. The molecule has 3 heteroatoms. The third-order valence-corrected chi connectivity index (χ3v) is 5.15. The third-order valence-electron chi connectivity index (χ3n) is 5.15. The lowest BCUT2D eigenvalue weighted by molar-refractivity contribution is -0.125. The number of benzene rings is 1. The number of Topliss-reactive ketones (excluding diaryl/α,β-unsaturated/α-hetero) is 1. The van der Waals surface area contributed by atoms with E-state index in [4.69, 9.17) is 9.47 Å². The van der Waals surface area contributed by atoms with Crippen molar-refractivity contribution < 1.29 is 14.3 Å². The van der Waals surface area contributed by atoms with Crippen molar-refractivity contribution >= 4 is 5.78 Å². The van der Waals surface area contributed by atoms with Crippen LogP contribution in [0.1, 0.15) is 44.7 Å². The largest absolute Gasteiger partial charge is 0.493 e. The van der Waals surface area contributed by atoms with Crippen molar-refractivity contribution in [1.29, 1.82) is 0 Å². The van der Waals surface area contributed by atoms with Crippen molar-refractivity contribution in [3.63, 3.8) is 0 Å². The van der Waals surface area contributed by atoms with E-state index in [1.54, 1.807) is 14.2 Å². The van der Waals surface area contributed by atoms with Crippen molar-refractivity contribution in [2.45, 2.75) is 46.0 Å². The van der Waals surface area contributed by atoms with Gasteiger partial charge in [-0.1, -0.05) is 26.8 Å². The molecule has 1 saturated carbocycles. The zero-order chi connectivity index (χ0) is 15.1. The first kappa shape index (κ1) is 14.9. The van der Waals surface area contributed by atoms with Crippen molar-refractivity contribution in [3.05, 3.63) is 23.3 Å². The molecule has 0 spiro atoms. The summed E-state index contributed by atoms with van der Waals surface area (Å²) in [4.78, 5) is 12.3. The summed E-state index contributed by atoms with van der Waals surface area (Å²) in [7, 11) is 3.30. The van der Waals surface area contributed by atoms with E-state index in [2.05, 4.69) is 13.0 Å². The molecule has 110 valence electrons. The molecule has 0 aliphatic heterocycles. The Morgan fingerprint density at radius 1 is 1.10 bits per heavy atom. The van der Waals surface area contributed by atoms with E-state index in [0.29, 0.717) is 12.2 Å². The first-order chi connectivity index (χ1) is 9.27. The molecule has 0 N–H and O–H groups in total. The van der Waals surface area contributed by atoms with E-state index in [-0.39, 0.29) is 10.8 Å². The highest BCUT2D eigenvalue weighted by Gasteiger charge is 2.53. The number of ether oxygens (including phenoxy) is 2. The molecule has 1 aliphatic carbocycles. The molecule has 0 aromatic heterocycles. The van der Waals surface area contributed by atoms with Gasteiger partial charge >= 0.3 is 0 Å². The maximum absolute atomic E-state index is 12.3. The van der Waals surface area contributed by atoms with Gasteiger partial charge in [-0.05, 0) is 25.0 Å². The van der Waals surface area contributed by atoms with E-state index in [9.17, 15) is 4.79 Å². The lowest BCUT2D eigenvalue weighted by atomic mass is 9.64. The Morgan fingerprint density at radius 3 is 2.20 bits per heavy atom. The minimum Gasteiger partial charge on any atom is -0.493 e. The lowest BCUT2D eigenvalue weighted by Crippen LogP contribution is -2.38. The average molecular weight is 276 g/mol. The molecule has 1 aromatic carbocycles. The topological polar surface area (TPSA) is 35.5 Å². The van der Waals surface area contributed by atoms with Crippen LogP contribution in [0.4, 0.5) is 0 Å². The standard InChI is InChI=1S/C17H24O3/c1-11-9-12(15(20-6)13(10-11)19-5)17(4)8-7-14(18)16(17,2)3/h9-10H,7-8H2,1-6H3/t17-/m0/s1. The predicted octanol–water partition coefficient (Wildman–Crippen LogP) is 3.66. The highest BCUT2D eigenvalue weighted by atomic mass is 16.5. The smallest absolute Gasteiger partial charge is 0.164 e. The number of carbonyl (C=O) groups is 1. The van der Waals surface area contributed by atoms with Crippen LogP contribution in [0, 0.1) is 12.3 Å². The Balaban J connectivity index is 2.69. The van der Waals surface area contributed by atoms with Crippen LogP contribution in [-0.4, -0.2) is 20.0 Å². The van der Waals surface area contributed by atoms with Crippen LogP contribution in [0.25, 0.3) is 0 Å². The predicted molar refractivity (Wildman–Crippen MR) is 79.7 cm³/mol. The van der Waals surface area contributed by atoms with Crippen molar-refractivity contribution in [3.8, 4) is 11.5 Å². The van der Waals surface area contributed by atoms with Gasteiger partial charge in [0.05, 0.1) is 14.2 Å². The number of hydrogen-bond acceptors (Lipinski definition) is 3. The lowest BCUT2D eigenvalue weighted by Gasteiger charge is -2.38. The second kappa shape index (κ2) is 4.80. The highest BCUT2D eigenvalue weighted by Crippen LogP contribution is 2.55. The number of rotatable bonds is 3. The fraction of sp³-hybridized carbons (Fsp3) is 0.588. The van der Waals surface area contributed by atoms with Gasteiger partial charge in [0.25, 0.3) is 0 Å². The van der Waals surface area contributed by atoms with Gasteiger partial charge in [-0.3, -0.25) is 4.79 Å². The summed E-state index contributed by atoms with van der Waals surface area (Å²) in [5.41, 5.74) is 1.58. The maximum Gasteiger partial charge on any atom is 0.164 e. The summed E-state index contributed by atoms with van der Waals surface area (Å²) in [5.74, 6) is 1.81. The zero-order valence-electron chi connectivity index (χ0n) is 13.3. The summed E-state index contributed by atoms with van der Waals surface area (Å²) in [6.07, 6.45) is 1.48. The second-order valence-electron chi connectivity index (χ2n) is 6.43. The second-order valence-corrected chi connectivity index (χ2v) is 6.43. The minimum absolute atomic E-state index is 0.227. The summed E-state index contributed by atoms with van der Waals surface area (Å²) in [6, 6.07) is 4.09. The van der Waals surface area contributed by atoms with Crippen molar-refractivity contribution in [2.24, 2.45) is 5.41 Å². The number of hydrogen-bond donors (Lipinski definition) is 0. The molecule has 0 saturated heterocycles. The van der Waals surface area contributed by atoms with Crippen molar-refractivity contribution in [2.75, 3.05) is 14.2 Å². The molecule has 3 nitrogen and oxygen atoms in total. The Kier molecular flexibility index (Phi) is 3.57. The molecular weight excluding hydrogens is 252 g/mol. The zero-order valence-corrected chi connectivity index (χ0v) is 13.3. The minimum atomic E-state index is -0.390. The molecule has 1 fully saturated rings. The highest BCUT2D eigenvalue weighted by molar-refractivity contribution is 5.89. The van der Waals surface area contributed by atoms with Crippen LogP contribution in [0.5, 0.6) is 11.5 Å². The van der Waals surface area contributed by atoms with Gasteiger partial charge in [0, 0.05) is 22.8 Å². The molecule has 1 aromatic rings. The molecule has 0 amide bonds. The average Bonchev–Trinajstić information content (AvgIpc) is 2.62. The first-order valence-electron chi connectivity index (χ1n) is 7.04. The molecule has 2 rings (SSSR count). The molecular formula is C17H24O3. The van der Waals surface area contributed by atoms with E-state index < -0.39 is 0 Å². The number of aryl methyl sites for hydroxylation is 1. The molecule has 0 bridgehead atoms. The first-order valence-corrected chi connectivity index (χ1v) is 7.04. The number of carbonyl (C=O) groups excluding carboxylic acids is 1. The van der Waals surface area contributed by atoms with Crippen LogP contribution >= 0.6 is 0 Å². The van der Waals surface area contributed by atoms with Gasteiger partial charge in [-0.25, -0.2) is 0 Å².